The molecule has 0 aliphatic heterocycles. The molecule has 0 saturated heterocycles. The van der Waals surface area contributed by atoms with Gasteiger partial charge in [0.2, 0.25) is 0 Å². The molecule has 10 heavy (non-hydrogen) atoms. The largest absolute Gasteiger partial charge is 0.295 e. The van der Waals surface area contributed by atoms with Gasteiger partial charge in [-0.1, -0.05) is 30.4 Å². The Balaban J connectivity index is 3.62. The average molecular weight is 136 g/mol. The number of allylic oxidation sites excluding steroid dienone is 6. The van der Waals surface area contributed by atoms with Gasteiger partial charge >= 0.3 is 0 Å². The second-order valence-corrected chi connectivity index (χ2v) is 1.88. The van der Waals surface area contributed by atoms with Crippen molar-refractivity contribution in [3.63, 3.8) is 0 Å². The van der Waals surface area contributed by atoms with Crippen LogP contribution in [-0.4, -0.2) is 5.78 Å². The van der Waals surface area contributed by atoms with Crippen molar-refractivity contribution in [3.05, 3.63) is 36.5 Å². The van der Waals surface area contributed by atoms with E-state index >= 15 is 0 Å². The van der Waals surface area contributed by atoms with Gasteiger partial charge in [0.05, 0.1) is 0 Å². The first-order valence-corrected chi connectivity index (χ1v) is 3.24. The van der Waals surface area contributed by atoms with E-state index in [0.717, 1.165) is 0 Å². The molecule has 0 radical (unpaired) electrons. The third-order valence-corrected chi connectivity index (χ3v) is 0.857. The Hall–Kier alpha value is -1.11. The van der Waals surface area contributed by atoms with Gasteiger partial charge in [0.25, 0.3) is 0 Å². The highest BCUT2D eigenvalue weighted by molar-refractivity contribution is 5.87. The molecule has 0 amide bonds. The summed E-state index contributed by atoms with van der Waals surface area (Å²) >= 11 is 0. The molecule has 0 bridgehead atoms. The first kappa shape index (κ1) is 8.89. The zero-order valence-electron chi connectivity index (χ0n) is 6.37. The van der Waals surface area contributed by atoms with Gasteiger partial charge < -0.3 is 0 Å². The van der Waals surface area contributed by atoms with Crippen LogP contribution in [0.4, 0.5) is 0 Å². The quantitative estimate of drug-likeness (QED) is 0.429. The molecular formula is C9H12O. The zero-order chi connectivity index (χ0) is 7.82. The molecule has 0 fully saturated rings. The van der Waals surface area contributed by atoms with Crippen LogP contribution in [0.3, 0.4) is 0 Å². The summed E-state index contributed by atoms with van der Waals surface area (Å²) in [5, 5.41) is 0. The van der Waals surface area contributed by atoms with E-state index in [9.17, 15) is 4.79 Å². The number of hydrogen-bond acceptors (Lipinski definition) is 1. The maximum Gasteiger partial charge on any atom is 0.152 e. The van der Waals surface area contributed by atoms with Crippen molar-refractivity contribution in [1.29, 1.82) is 0 Å². The Morgan fingerprint density at radius 1 is 1.10 bits per heavy atom. The van der Waals surface area contributed by atoms with Crippen LogP contribution in [0.2, 0.25) is 0 Å². The monoisotopic (exact) mass is 136 g/mol. The first-order chi connectivity index (χ1) is 4.77. The molecular weight excluding hydrogens is 124 g/mol. The summed E-state index contributed by atoms with van der Waals surface area (Å²) in [6.45, 7) is 3.47. The summed E-state index contributed by atoms with van der Waals surface area (Å²) in [6, 6.07) is 0. The molecule has 0 atom stereocenters. The third kappa shape index (κ3) is 6.89. The van der Waals surface area contributed by atoms with E-state index in [1.54, 1.807) is 6.08 Å². The molecule has 0 spiro atoms. The highest BCUT2D eigenvalue weighted by Gasteiger charge is 1.75. The minimum Gasteiger partial charge on any atom is -0.295 e. The van der Waals surface area contributed by atoms with Gasteiger partial charge in [0, 0.05) is 0 Å². The second kappa shape index (κ2) is 6.02. The molecule has 0 saturated carbocycles. The van der Waals surface area contributed by atoms with Crippen LogP contribution in [-0.2, 0) is 4.79 Å². The van der Waals surface area contributed by atoms with Crippen LogP contribution < -0.4 is 0 Å². The molecule has 0 rings (SSSR count). The van der Waals surface area contributed by atoms with E-state index in [4.69, 9.17) is 0 Å². The topological polar surface area (TPSA) is 17.1 Å². The van der Waals surface area contributed by atoms with Crippen LogP contribution in [0, 0.1) is 0 Å². The minimum absolute atomic E-state index is 0.0742. The lowest BCUT2D eigenvalue weighted by Gasteiger charge is -1.73. The van der Waals surface area contributed by atoms with E-state index < -0.39 is 0 Å². The van der Waals surface area contributed by atoms with Crippen LogP contribution in [0.5, 0.6) is 0 Å². The molecule has 0 aliphatic rings. The highest BCUT2D eigenvalue weighted by atomic mass is 16.1. The van der Waals surface area contributed by atoms with Crippen molar-refractivity contribution >= 4 is 5.78 Å². The van der Waals surface area contributed by atoms with Gasteiger partial charge in [0.15, 0.2) is 5.78 Å². The normalized spacial score (nSPS) is 12.2. The number of hydrogen-bond donors (Lipinski definition) is 0. The molecule has 0 unspecified atom stereocenters. The Kier molecular flexibility index (Phi) is 5.35. The molecule has 0 aliphatic carbocycles. The molecule has 0 aromatic carbocycles. The predicted molar refractivity (Wildman–Crippen MR) is 43.8 cm³/mol. The number of ketones is 1. The molecule has 0 heterocycles. The fourth-order valence-corrected chi connectivity index (χ4v) is 0.430. The molecule has 0 aromatic heterocycles. The SMILES string of the molecule is C/C=C/C=C/C=C\C(C)=O. The van der Waals surface area contributed by atoms with Gasteiger partial charge in [-0.25, -0.2) is 0 Å². The fraction of sp³-hybridized carbons (Fsp3) is 0.222. The molecule has 0 aromatic rings. The lowest BCUT2D eigenvalue weighted by Crippen LogP contribution is -1.77. The zero-order valence-corrected chi connectivity index (χ0v) is 6.37. The molecule has 54 valence electrons. The first-order valence-electron chi connectivity index (χ1n) is 3.24. The number of rotatable bonds is 3. The summed E-state index contributed by atoms with van der Waals surface area (Å²) in [4.78, 5) is 10.3. The lowest BCUT2D eigenvalue weighted by atomic mass is 10.3. The van der Waals surface area contributed by atoms with E-state index in [1.165, 1.54) is 13.0 Å². The predicted octanol–water partition coefficient (Wildman–Crippen LogP) is 2.26. The lowest BCUT2D eigenvalue weighted by molar-refractivity contribution is -0.112. The van der Waals surface area contributed by atoms with Crippen LogP contribution in [0.15, 0.2) is 36.5 Å². The minimum atomic E-state index is 0.0742. The van der Waals surface area contributed by atoms with E-state index in [-0.39, 0.29) is 5.78 Å². The van der Waals surface area contributed by atoms with Crippen LogP contribution in [0.1, 0.15) is 13.8 Å². The van der Waals surface area contributed by atoms with Crippen molar-refractivity contribution in [2.45, 2.75) is 13.8 Å². The van der Waals surface area contributed by atoms with Gasteiger partial charge in [-0.05, 0) is 19.9 Å². The van der Waals surface area contributed by atoms with Crippen molar-refractivity contribution in [2.24, 2.45) is 0 Å². The smallest absolute Gasteiger partial charge is 0.152 e. The average Bonchev–Trinajstić information content (AvgIpc) is 1.87. The maximum absolute atomic E-state index is 10.3. The standard InChI is InChI=1S/C9H12O/c1-3-4-5-6-7-8-9(2)10/h3-8H,1-2H3/b4-3+,6-5+,8-7-. The van der Waals surface area contributed by atoms with E-state index in [2.05, 4.69) is 0 Å². The molecule has 0 N–H and O–H groups in total. The van der Waals surface area contributed by atoms with Crippen molar-refractivity contribution in [1.82, 2.24) is 0 Å². The van der Waals surface area contributed by atoms with Gasteiger partial charge in [-0.3, -0.25) is 4.79 Å². The van der Waals surface area contributed by atoms with Crippen molar-refractivity contribution in [2.75, 3.05) is 0 Å². The summed E-state index contributed by atoms with van der Waals surface area (Å²) in [7, 11) is 0. The van der Waals surface area contributed by atoms with Crippen molar-refractivity contribution < 1.29 is 4.79 Å². The van der Waals surface area contributed by atoms with Crippen LogP contribution in [0.25, 0.3) is 0 Å². The van der Waals surface area contributed by atoms with Crippen LogP contribution >= 0.6 is 0 Å². The summed E-state index contributed by atoms with van der Waals surface area (Å²) in [5.41, 5.74) is 0. The third-order valence-electron chi connectivity index (χ3n) is 0.857. The second-order valence-electron chi connectivity index (χ2n) is 1.88. The van der Waals surface area contributed by atoms with Gasteiger partial charge in [-0.15, -0.1) is 0 Å². The van der Waals surface area contributed by atoms with E-state index in [0.29, 0.717) is 0 Å². The highest BCUT2D eigenvalue weighted by Crippen LogP contribution is 1.80. The fourth-order valence-electron chi connectivity index (χ4n) is 0.430. The van der Waals surface area contributed by atoms with Gasteiger partial charge in [0.1, 0.15) is 0 Å². The Morgan fingerprint density at radius 2 is 1.70 bits per heavy atom. The number of carbonyl (C=O) groups is 1. The summed E-state index contributed by atoms with van der Waals surface area (Å²) in [5.74, 6) is 0.0742. The van der Waals surface area contributed by atoms with Crippen molar-refractivity contribution in [3.8, 4) is 0 Å². The number of carbonyl (C=O) groups excluding carboxylic acids is 1. The summed E-state index contributed by atoms with van der Waals surface area (Å²) in [6.07, 6.45) is 10.8. The molecule has 1 nitrogen and oxygen atoms in total. The van der Waals surface area contributed by atoms with E-state index in [1.807, 2.05) is 31.2 Å². The van der Waals surface area contributed by atoms with Gasteiger partial charge in [-0.2, -0.15) is 0 Å². The Morgan fingerprint density at radius 3 is 2.20 bits per heavy atom. The summed E-state index contributed by atoms with van der Waals surface area (Å²) < 4.78 is 0. The Bertz CT molecular complexity index is 173. The maximum atomic E-state index is 10.3. The molecule has 1 heteroatoms. The Labute approximate surface area is 61.8 Å².